The Labute approximate surface area is 139 Å². The van der Waals surface area contributed by atoms with Gasteiger partial charge in [0, 0.05) is 7.11 Å². The average Bonchev–Trinajstić information content (AvgIpc) is 2.57. The molecule has 0 saturated carbocycles. The third-order valence-electron chi connectivity index (χ3n) is 3.29. The Bertz CT molecular complexity index is 715. The Kier molecular flexibility index (Phi) is 6.03. The zero-order valence-electron chi connectivity index (χ0n) is 13.4. The molecule has 5 nitrogen and oxygen atoms in total. The van der Waals surface area contributed by atoms with Crippen molar-refractivity contribution in [2.75, 3.05) is 12.4 Å². The number of hydrogen-bond donors (Lipinski definition) is 1. The number of carbonyl (C=O) groups is 2. The molecule has 1 N–H and O–H groups in total. The Morgan fingerprint density at radius 2 is 1.79 bits per heavy atom. The molecular weight excluding hydrogens is 313 g/mol. The fourth-order valence-corrected chi connectivity index (χ4v) is 1.98. The maximum Gasteiger partial charge on any atom is 0.338 e. The van der Waals surface area contributed by atoms with Crippen molar-refractivity contribution in [3.8, 4) is 0 Å². The van der Waals surface area contributed by atoms with Crippen molar-refractivity contribution in [2.45, 2.75) is 19.6 Å². The number of para-hydroxylation sites is 1. The standard InChI is InChI=1S/C18H18FNO4/c1-12(17(21)20-16-6-4-3-5-15(16)19)24-18(22)14-9-7-13(8-10-14)11-23-2/h3-10,12H,11H2,1-2H3,(H,20,21)/t12-/m0/s1. The first-order chi connectivity index (χ1) is 11.5. The first-order valence-electron chi connectivity index (χ1n) is 7.35. The number of halogens is 1. The van der Waals surface area contributed by atoms with E-state index in [2.05, 4.69) is 5.32 Å². The topological polar surface area (TPSA) is 64.6 Å². The second kappa shape index (κ2) is 8.21. The van der Waals surface area contributed by atoms with Gasteiger partial charge in [-0.2, -0.15) is 0 Å². The van der Waals surface area contributed by atoms with E-state index in [1.807, 2.05) is 0 Å². The molecule has 0 spiro atoms. The maximum absolute atomic E-state index is 13.5. The van der Waals surface area contributed by atoms with E-state index < -0.39 is 23.8 Å². The molecular formula is C18H18FNO4. The van der Waals surface area contributed by atoms with Crippen LogP contribution in [0.25, 0.3) is 0 Å². The molecule has 0 bridgehead atoms. The summed E-state index contributed by atoms with van der Waals surface area (Å²) in [6.07, 6.45) is -1.06. The Morgan fingerprint density at radius 1 is 1.12 bits per heavy atom. The zero-order valence-corrected chi connectivity index (χ0v) is 13.4. The van der Waals surface area contributed by atoms with Crippen molar-refractivity contribution in [3.05, 3.63) is 65.5 Å². The van der Waals surface area contributed by atoms with Crippen LogP contribution in [0.2, 0.25) is 0 Å². The number of esters is 1. The molecule has 1 amide bonds. The van der Waals surface area contributed by atoms with Gasteiger partial charge < -0.3 is 14.8 Å². The number of benzene rings is 2. The summed E-state index contributed by atoms with van der Waals surface area (Å²) < 4.78 is 23.6. The summed E-state index contributed by atoms with van der Waals surface area (Å²) in [5.41, 5.74) is 1.27. The smallest absolute Gasteiger partial charge is 0.338 e. The summed E-state index contributed by atoms with van der Waals surface area (Å²) in [7, 11) is 1.58. The van der Waals surface area contributed by atoms with Crippen molar-refractivity contribution in [1.82, 2.24) is 0 Å². The fourth-order valence-electron chi connectivity index (χ4n) is 1.98. The van der Waals surface area contributed by atoms with Crippen LogP contribution in [0, 0.1) is 5.82 Å². The number of ether oxygens (including phenoxy) is 2. The molecule has 0 aliphatic carbocycles. The SMILES string of the molecule is COCc1ccc(C(=O)O[C@@H](C)C(=O)Nc2ccccc2F)cc1. The molecule has 0 saturated heterocycles. The number of methoxy groups -OCH3 is 1. The number of amides is 1. The highest BCUT2D eigenvalue weighted by atomic mass is 19.1. The van der Waals surface area contributed by atoms with Gasteiger partial charge in [0.25, 0.3) is 5.91 Å². The lowest BCUT2D eigenvalue weighted by Gasteiger charge is -2.14. The van der Waals surface area contributed by atoms with Crippen LogP contribution in [0.3, 0.4) is 0 Å². The molecule has 24 heavy (non-hydrogen) atoms. The van der Waals surface area contributed by atoms with E-state index in [0.29, 0.717) is 12.2 Å². The lowest BCUT2D eigenvalue weighted by molar-refractivity contribution is -0.123. The Morgan fingerprint density at radius 3 is 2.42 bits per heavy atom. The highest BCUT2D eigenvalue weighted by Gasteiger charge is 2.19. The van der Waals surface area contributed by atoms with E-state index in [4.69, 9.17) is 9.47 Å². The minimum absolute atomic E-state index is 0.0364. The Hall–Kier alpha value is -2.73. The third kappa shape index (κ3) is 4.63. The second-order valence-electron chi connectivity index (χ2n) is 5.15. The van der Waals surface area contributed by atoms with Gasteiger partial charge in [-0.1, -0.05) is 24.3 Å². The van der Waals surface area contributed by atoms with Crippen LogP contribution in [0.5, 0.6) is 0 Å². The maximum atomic E-state index is 13.5. The first-order valence-corrected chi connectivity index (χ1v) is 7.35. The van der Waals surface area contributed by atoms with E-state index in [1.165, 1.54) is 25.1 Å². The zero-order chi connectivity index (χ0) is 17.5. The molecule has 0 aliphatic rings. The summed E-state index contributed by atoms with van der Waals surface area (Å²) in [5.74, 6) is -1.79. The monoisotopic (exact) mass is 331 g/mol. The number of carbonyl (C=O) groups excluding carboxylic acids is 2. The first kappa shape index (κ1) is 17.6. The van der Waals surface area contributed by atoms with Gasteiger partial charge in [-0.05, 0) is 36.8 Å². The number of nitrogens with one attached hydrogen (secondary N) is 1. The summed E-state index contributed by atoms with van der Waals surface area (Å²) in [5, 5.41) is 2.38. The highest BCUT2D eigenvalue weighted by Crippen LogP contribution is 2.14. The molecule has 2 aromatic rings. The van der Waals surface area contributed by atoms with Gasteiger partial charge in [0.2, 0.25) is 0 Å². The van der Waals surface area contributed by atoms with Gasteiger partial charge >= 0.3 is 5.97 Å². The van der Waals surface area contributed by atoms with Crippen molar-refractivity contribution < 1.29 is 23.5 Å². The largest absolute Gasteiger partial charge is 0.449 e. The molecule has 0 fully saturated rings. The highest BCUT2D eigenvalue weighted by molar-refractivity contribution is 5.97. The molecule has 2 rings (SSSR count). The molecule has 6 heteroatoms. The van der Waals surface area contributed by atoms with E-state index in [-0.39, 0.29) is 5.69 Å². The molecule has 1 atom stereocenters. The van der Waals surface area contributed by atoms with Gasteiger partial charge in [-0.15, -0.1) is 0 Å². The van der Waals surface area contributed by atoms with Gasteiger partial charge in [0.15, 0.2) is 6.10 Å². The molecule has 126 valence electrons. The Balaban J connectivity index is 1.95. The predicted molar refractivity (Wildman–Crippen MR) is 87.1 cm³/mol. The van der Waals surface area contributed by atoms with Crippen molar-refractivity contribution in [1.29, 1.82) is 0 Å². The third-order valence-corrected chi connectivity index (χ3v) is 3.29. The summed E-state index contributed by atoms with van der Waals surface area (Å²) >= 11 is 0. The van der Waals surface area contributed by atoms with E-state index in [0.717, 1.165) is 5.56 Å². The van der Waals surface area contributed by atoms with Crippen LogP contribution >= 0.6 is 0 Å². The minimum atomic E-state index is -1.06. The van der Waals surface area contributed by atoms with Crippen LogP contribution in [0.1, 0.15) is 22.8 Å². The van der Waals surface area contributed by atoms with Gasteiger partial charge in [-0.3, -0.25) is 4.79 Å². The number of rotatable bonds is 6. The van der Waals surface area contributed by atoms with Gasteiger partial charge in [0.05, 0.1) is 17.9 Å². The van der Waals surface area contributed by atoms with Crippen molar-refractivity contribution in [2.24, 2.45) is 0 Å². The molecule has 0 radical (unpaired) electrons. The predicted octanol–water partition coefficient (Wildman–Crippen LogP) is 3.16. The number of hydrogen-bond acceptors (Lipinski definition) is 4. The summed E-state index contributed by atoms with van der Waals surface area (Å²) in [6.45, 7) is 1.87. The lowest BCUT2D eigenvalue weighted by Crippen LogP contribution is -2.30. The normalized spacial score (nSPS) is 11.6. The molecule has 0 unspecified atom stereocenters. The quantitative estimate of drug-likeness (QED) is 0.826. The van der Waals surface area contributed by atoms with Crippen molar-refractivity contribution in [3.63, 3.8) is 0 Å². The molecule has 0 heterocycles. The van der Waals surface area contributed by atoms with E-state index in [1.54, 1.807) is 37.4 Å². The summed E-state index contributed by atoms with van der Waals surface area (Å²) in [4.78, 5) is 24.0. The van der Waals surface area contributed by atoms with Crippen LogP contribution in [0.4, 0.5) is 10.1 Å². The summed E-state index contributed by atoms with van der Waals surface area (Å²) in [6, 6.07) is 12.4. The molecule has 0 aromatic heterocycles. The van der Waals surface area contributed by atoms with Crippen LogP contribution in [0.15, 0.2) is 48.5 Å². The average molecular weight is 331 g/mol. The van der Waals surface area contributed by atoms with Gasteiger partial charge in [-0.25, -0.2) is 9.18 Å². The number of anilines is 1. The fraction of sp³-hybridized carbons (Fsp3) is 0.222. The van der Waals surface area contributed by atoms with E-state index >= 15 is 0 Å². The van der Waals surface area contributed by atoms with E-state index in [9.17, 15) is 14.0 Å². The van der Waals surface area contributed by atoms with Crippen molar-refractivity contribution >= 4 is 17.6 Å². The van der Waals surface area contributed by atoms with Crippen LogP contribution < -0.4 is 5.32 Å². The lowest BCUT2D eigenvalue weighted by atomic mass is 10.1. The van der Waals surface area contributed by atoms with Crippen LogP contribution in [-0.2, 0) is 20.9 Å². The molecule has 0 aliphatic heterocycles. The minimum Gasteiger partial charge on any atom is -0.449 e. The van der Waals surface area contributed by atoms with Gasteiger partial charge in [0.1, 0.15) is 5.82 Å². The molecule has 2 aromatic carbocycles. The second-order valence-corrected chi connectivity index (χ2v) is 5.15. The van der Waals surface area contributed by atoms with Crippen LogP contribution in [-0.4, -0.2) is 25.1 Å².